The van der Waals surface area contributed by atoms with Gasteiger partial charge in [0, 0.05) is 17.0 Å². The highest BCUT2D eigenvalue weighted by Gasteiger charge is 2.17. The van der Waals surface area contributed by atoms with Gasteiger partial charge in [-0.3, -0.25) is 10.4 Å². The van der Waals surface area contributed by atoms with Crippen molar-refractivity contribution in [3.63, 3.8) is 0 Å². The number of benzene rings is 2. The molecule has 134 valence electrons. The van der Waals surface area contributed by atoms with Crippen LogP contribution in [0, 0.1) is 0 Å². The van der Waals surface area contributed by atoms with Crippen LogP contribution < -0.4 is 10.6 Å². The minimum absolute atomic E-state index is 0.207. The molecule has 2 aromatic carbocycles. The van der Waals surface area contributed by atoms with Crippen LogP contribution in [0.1, 0.15) is 32.1 Å². The van der Waals surface area contributed by atoms with Gasteiger partial charge in [0.1, 0.15) is 0 Å². The number of nitrogens with one attached hydrogen (secondary N) is 3. The highest BCUT2D eigenvalue weighted by Crippen LogP contribution is 2.34. The number of aromatic nitrogens is 2. The number of amides is 2. The number of fused-ring (bicyclic) bond motifs is 1. The van der Waals surface area contributed by atoms with E-state index in [4.69, 9.17) is 11.6 Å². The maximum atomic E-state index is 12.3. The maximum Gasteiger partial charge on any atom is 0.320 e. The first-order chi connectivity index (χ1) is 12.7. The van der Waals surface area contributed by atoms with Gasteiger partial charge in [-0.05, 0) is 30.5 Å². The Balaban J connectivity index is 1.58. The lowest BCUT2D eigenvalue weighted by molar-refractivity contribution is 0.244. The first kappa shape index (κ1) is 16.9. The summed E-state index contributed by atoms with van der Waals surface area (Å²) in [7, 11) is 0. The lowest BCUT2D eigenvalue weighted by Gasteiger charge is -2.22. The molecule has 1 aliphatic carbocycles. The third-order valence-corrected chi connectivity index (χ3v) is 5.22. The molecule has 6 heteroatoms. The lowest BCUT2D eigenvalue weighted by atomic mass is 9.96. The van der Waals surface area contributed by atoms with Crippen molar-refractivity contribution in [3.8, 4) is 11.1 Å². The summed E-state index contributed by atoms with van der Waals surface area (Å²) in [6.07, 6.45) is 5.70. The predicted octanol–water partition coefficient (Wildman–Crippen LogP) is 5.34. The Morgan fingerprint density at radius 1 is 1.12 bits per heavy atom. The van der Waals surface area contributed by atoms with Crippen molar-refractivity contribution >= 4 is 34.4 Å². The molecule has 1 aliphatic rings. The molecule has 0 radical (unpaired) electrons. The Hall–Kier alpha value is -2.53. The van der Waals surface area contributed by atoms with Gasteiger partial charge >= 0.3 is 6.03 Å². The van der Waals surface area contributed by atoms with Crippen LogP contribution in [0.3, 0.4) is 0 Å². The average molecular weight is 369 g/mol. The standard InChI is InChI=1S/C20H21ClN4O/c21-17-12-18-16(11-15(17)13-7-3-1-4-8-13)19(25-24-18)23-20(26)22-14-9-5-2-6-10-14/h1,3-4,7-8,11-12,14H,2,5-6,9-10H2,(H3,22,23,24,25,26). The molecule has 1 fully saturated rings. The van der Waals surface area contributed by atoms with Crippen molar-refractivity contribution in [1.29, 1.82) is 0 Å². The van der Waals surface area contributed by atoms with E-state index in [0.717, 1.165) is 34.9 Å². The molecule has 0 bridgehead atoms. The van der Waals surface area contributed by atoms with E-state index < -0.39 is 0 Å². The smallest absolute Gasteiger partial charge is 0.320 e. The van der Waals surface area contributed by atoms with Crippen LogP contribution in [-0.2, 0) is 0 Å². The largest absolute Gasteiger partial charge is 0.335 e. The van der Waals surface area contributed by atoms with Crippen LogP contribution in [0.25, 0.3) is 22.0 Å². The van der Waals surface area contributed by atoms with Crippen molar-refractivity contribution in [2.45, 2.75) is 38.1 Å². The molecule has 3 N–H and O–H groups in total. The number of anilines is 1. The number of hydrogen-bond donors (Lipinski definition) is 3. The quantitative estimate of drug-likeness (QED) is 0.584. The second-order valence-electron chi connectivity index (χ2n) is 6.75. The van der Waals surface area contributed by atoms with Crippen molar-refractivity contribution in [3.05, 3.63) is 47.5 Å². The number of carbonyl (C=O) groups is 1. The van der Waals surface area contributed by atoms with E-state index in [9.17, 15) is 4.79 Å². The molecule has 0 aliphatic heterocycles. The number of aromatic amines is 1. The number of hydrogen-bond acceptors (Lipinski definition) is 2. The van der Waals surface area contributed by atoms with Crippen molar-refractivity contribution in [1.82, 2.24) is 15.5 Å². The van der Waals surface area contributed by atoms with Crippen LogP contribution in [0.5, 0.6) is 0 Å². The average Bonchev–Trinajstić information content (AvgIpc) is 3.04. The van der Waals surface area contributed by atoms with E-state index in [1.807, 2.05) is 42.5 Å². The molecule has 0 atom stereocenters. The molecule has 0 saturated heterocycles. The van der Waals surface area contributed by atoms with Gasteiger partial charge in [0.25, 0.3) is 0 Å². The second kappa shape index (κ2) is 7.38. The van der Waals surface area contributed by atoms with E-state index in [2.05, 4.69) is 20.8 Å². The molecule has 0 unspecified atom stereocenters. The molecule has 0 spiro atoms. The molecule has 2 amide bonds. The molecule has 5 nitrogen and oxygen atoms in total. The molecular formula is C20H21ClN4O. The van der Waals surface area contributed by atoms with Gasteiger partial charge in [0.15, 0.2) is 5.82 Å². The summed E-state index contributed by atoms with van der Waals surface area (Å²) in [5.41, 5.74) is 2.73. The van der Waals surface area contributed by atoms with Gasteiger partial charge in [-0.1, -0.05) is 61.2 Å². The first-order valence-electron chi connectivity index (χ1n) is 9.01. The number of H-pyrrole nitrogens is 1. The molecule has 1 aromatic heterocycles. The molecule has 26 heavy (non-hydrogen) atoms. The molecule has 3 aromatic rings. The highest BCUT2D eigenvalue weighted by atomic mass is 35.5. The van der Waals surface area contributed by atoms with E-state index in [1.165, 1.54) is 19.3 Å². The zero-order chi connectivity index (χ0) is 17.9. The van der Waals surface area contributed by atoms with Gasteiger partial charge in [0.2, 0.25) is 0 Å². The molecule has 1 saturated carbocycles. The van der Waals surface area contributed by atoms with Crippen molar-refractivity contribution in [2.75, 3.05) is 5.32 Å². The summed E-state index contributed by atoms with van der Waals surface area (Å²) in [4.78, 5) is 12.3. The van der Waals surface area contributed by atoms with Crippen LogP contribution in [-0.4, -0.2) is 22.3 Å². The Bertz CT molecular complexity index is 916. The number of rotatable bonds is 3. The molecule has 1 heterocycles. The summed E-state index contributed by atoms with van der Waals surface area (Å²) in [6, 6.07) is 13.8. The van der Waals surface area contributed by atoms with Crippen LogP contribution in [0.15, 0.2) is 42.5 Å². The number of halogens is 1. The summed E-state index contributed by atoms with van der Waals surface area (Å²) in [6.45, 7) is 0. The minimum atomic E-state index is -0.207. The fraction of sp³-hybridized carbons (Fsp3) is 0.300. The Kier molecular flexibility index (Phi) is 4.80. The van der Waals surface area contributed by atoms with Crippen LogP contribution in [0.4, 0.5) is 10.6 Å². The normalized spacial score (nSPS) is 15.1. The summed E-state index contributed by atoms with van der Waals surface area (Å²) >= 11 is 6.43. The summed E-state index contributed by atoms with van der Waals surface area (Å²) in [5, 5.41) is 14.6. The second-order valence-corrected chi connectivity index (χ2v) is 7.16. The fourth-order valence-corrected chi connectivity index (χ4v) is 3.82. The molecular weight excluding hydrogens is 348 g/mol. The van der Waals surface area contributed by atoms with E-state index >= 15 is 0 Å². The van der Waals surface area contributed by atoms with Crippen LogP contribution in [0.2, 0.25) is 5.02 Å². The van der Waals surface area contributed by atoms with Gasteiger partial charge in [-0.2, -0.15) is 5.10 Å². The first-order valence-corrected chi connectivity index (χ1v) is 9.39. The van der Waals surface area contributed by atoms with Gasteiger partial charge < -0.3 is 5.32 Å². The topological polar surface area (TPSA) is 69.8 Å². The Morgan fingerprint density at radius 3 is 2.65 bits per heavy atom. The van der Waals surface area contributed by atoms with Crippen molar-refractivity contribution < 1.29 is 4.79 Å². The fourth-order valence-electron chi connectivity index (χ4n) is 3.55. The van der Waals surface area contributed by atoms with E-state index in [-0.39, 0.29) is 12.1 Å². The van der Waals surface area contributed by atoms with Gasteiger partial charge in [0.05, 0.1) is 10.5 Å². The van der Waals surface area contributed by atoms with E-state index in [1.54, 1.807) is 0 Å². The monoisotopic (exact) mass is 368 g/mol. The summed E-state index contributed by atoms with van der Waals surface area (Å²) in [5.74, 6) is 0.516. The highest BCUT2D eigenvalue weighted by molar-refractivity contribution is 6.34. The zero-order valence-corrected chi connectivity index (χ0v) is 15.1. The zero-order valence-electron chi connectivity index (χ0n) is 14.4. The van der Waals surface area contributed by atoms with Crippen LogP contribution >= 0.6 is 11.6 Å². The third-order valence-electron chi connectivity index (χ3n) is 4.91. The third kappa shape index (κ3) is 3.53. The minimum Gasteiger partial charge on any atom is -0.335 e. The lowest BCUT2D eigenvalue weighted by Crippen LogP contribution is -2.39. The SMILES string of the molecule is O=C(Nc1n[nH]c2cc(Cl)c(-c3ccccc3)cc12)NC1CCCCC1. The van der Waals surface area contributed by atoms with Gasteiger partial charge in [-0.15, -0.1) is 0 Å². The maximum absolute atomic E-state index is 12.3. The predicted molar refractivity (Wildman–Crippen MR) is 106 cm³/mol. The number of nitrogens with zero attached hydrogens (tertiary/aromatic N) is 1. The number of carbonyl (C=O) groups excluding carboxylic acids is 1. The Labute approximate surface area is 157 Å². The van der Waals surface area contributed by atoms with Crippen molar-refractivity contribution in [2.24, 2.45) is 0 Å². The number of urea groups is 1. The van der Waals surface area contributed by atoms with Gasteiger partial charge in [-0.25, -0.2) is 4.79 Å². The molecule has 4 rings (SSSR count). The Morgan fingerprint density at radius 2 is 1.88 bits per heavy atom. The summed E-state index contributed by atoms with van der Waals surface area (Å²) < 4.78 is 0. The van der Waals surface area contributed by atoms with E-state index in [0.29, 0.717) is 10.8 Å².